The molecule has 34 heavy (non-hydrogen) atoms. The molecule has 3 heterocycles. The zero-order valence-corrected chi connectivity index (χ0v) is 19.1. The Morgan fingerprint density at radius 3 is 2.47 bits per heavy atom. The lowest BCUT2D eigenvalue weighted by Crippen LogP contribution is -2.32. The summed E-state index contributed by atoms with van der Waals surface area (Å²) < 4.78 is 3.09. The van der Waals surface area contributed by atoms with Crippen LogP contribution in [-0.2, 0) is 4.79 Å². The Hall–Kier alpha value is -3.76. The van der Waals surface area contributed by atoms with Gasteiger partial charge >= 0.3 is 0 Å². The highest BCUT2D eigenvalue weighted by Crippen LogP contribution is 2.41. The molecule has 3 atom stereocenters. The highest BCUT2D eigenvalue weighted by atomic mass is 32.1. The Balaban J connectivity index is 0.000000764. The average Bonchev–Trinajstić information content (AvgIpc) is 3.26. The van der Waals surface area contributed by atoms with Gasteiger partial charge in [0.1, 0.15) is 0 Å². The van der Waals surface area contributed by atoms with Gasteiger partial charge in [0.15, 0.2) is 4.96 Å². The van der Waals surface area contributed by atoms with Gasteiger partial charge in [0, 0.05) is 49.1 Å². The predicted molar refractivity (Wildman–Crippen MR) is 129 cm³/mol. The standard InChI is InChI=1S/C23H21N5O2S.CH2O2/c1-24-21(29)13-4-2-12(3-5-13)17-11-28-18-7-6-14(8-19(18)31-23(28)26-17)22(30)27-20-15-9-25-10-16(15)20;2-1-3/h2-8,11,15-16,20,25H,9-10H2,1H3,(H,24,29)(H,27,30);1H,(H,2,3)/t15-,16+,20?;. The molecule has 2 aromatic heterocycles. The fraction of sp³-hybridized carbons (Fsp3) is 0.250. The van der Waals surface area contributed by atoms with Gasteiger partial charge in [-0.3, -0.25) is 18.8 Å². The van der Waals surface area contributed by atoms with Crippen molar-refractivity contribution in [3.05, 3.63) is 59.8 Å². The maximum absolute atomic E-state index is 12.7. The van der Waals surface area contributed by atoms with E-state index in [4.69, 9.17) is 14.9 Å². The van der Waals surface area contributed by atoms with E-state index in [1.54, 1.807) is 30.5 Å². The number of amides is 2. The SMILES string of the molecule is CNC(=O)c1ccc(-c2cn3c(n2)sc2cc(C(=O)NC4[C@H]5CNC[C@@H]45)ccc23)cc1.O=CO. The van der Waals surface area contributed by atoms with Crippen LogP contribution in [0.25, 0.3) is 26.4 Å². The number of benzene rings is 2. The van der Waals surface area contributed by atoms with Crippen molar-refractivity contribution >= 4 is 44.8 Å². The molecule has 1 saturated heterocycles. The van der Waals surface area contributed by atoms with Gasteiger partial charge < -0.3 is 21.1 Å². The number of thiazole rings is 1. The predicted octanol–water partition coefficient (Wildman–Crippen LogP) is 2.22. The maximum Gasteiger partial charge on any atom is 0.290 e. The number of aromatic nitrogens is 2. The van der Waals surface area contributed by atoms with Crippen LogP contribution in [0.15, 0.2) is 48.7 Å². The van der Waals surface area contributed by atoms with Gasteiger partial charge in [0.25, 0.3) is 18.3 Å². The molecule has 2 amide bonds. The van der Waals surface area contributed by atoms with Gasteiger partial charge in [-0.15, -0.1) is 0 Å². The molecule has 1 aliphatic carbocycles. The number of nitrogens with zero attached hydrogens (tertiary/aromatic N) is 2. The normalized spacial score (nSPS) is 20.3. The lowest BCUT2D eigenvalue weighted by Gasteiger charge is -2.07. The summed E-state index contributed by atoms with van der Waals surface area (Å²) in [6.45, 7) is 1.77. The van der Waals surface area contributed by atoms with E-state index >= 15 is 0 Å². The minimum atomic E-state index is -0.250. The summed E-state index contributed by atoms with van der Waals surface area (Å²) in [6.07, 6.45) is 2.00. The number of rotatable bonds is 4. The van der Waals surface area contributed by atoms with Crippen molar-refractivity contribution in [1.29, 1.82) is 0 Å². The number of hydrogen-bond acceptors (Lipinski definition) is 6. The number of nitrogens with one attached hydrogen (secondary N) is 3. The fourth-order valence-corrected chi connectivity index (χ4v) is 5.63. The van der Waals surface area contributed by atoms with Crippen LogP contribution in [0.5, 0.6) is 0 Å². The molecular formula is C24H23N5O4S. The second-order valence-electron chi connectivity index (χ2n) is 8.31. The van der Waals surface area contributed by atoms with E-state index in [1.807, 2.05) is 36.5 Å². The van der Waals surface area contributed by atoms with Crippen LogP contribution in [0.1, 0.15) is 20.7 Å². The minimum Gasteiger partial charge on any atom is -0.483 e. The minimum absolute atomic E-state index is 0.00392. The number of piperidine rings is 1. The summed E-state index contributed by atoms with van der Waals surface area (Å²) >= 11 is 1.57. The highest BCUT2D eigenvalue weighted by molar-refractivity contribution is 7.23. The number of imidazole rings is 1. The third-order valence-corrected chi connectivity index (χ3v) is 7.43. The van der Waals surface area contributed by atoms with Crippen molar-refractivity contribution in [1.82, 2.24) is 25.3 Å². The quantitative estimate of drug-likeness (QED) is 0.334. The largest absolute Gasteiger partial charge is 0.483 e. The summed E-state index contributed by atoms with van der Waals surface area (Å²) in [6, 6.07) is 13.6. The maximum atomic E-state index is 12.7. The monoisotopic (exact) mass is 477 g/mol. The average molecular weight is 478 g/mol. The van der Waals surface area contributed by atoms with Gasteiger partial charge in [-0.05, 0) is 42.2 Å². The van der Waals surface area contributed by atoms with Crippen LogP contribution < -0.4 is 16.0 Å². The van der Waals surface area contributed by atoms with E-state index in [-0.39, 0.29) is 18.3 Å². The van der Waals surface area contributed by atoms with Crippen LogP contribution in [0.4, 0.5) is 0 Å². The summed E-state index contributed by atoms with van der Waals surface area (Å²) in [5.74, 6) is 1.09. The summed E-state index contributed by atoms with van der Waals surface area (Å²) in [4.78, 5) is 38.4. The molecule has 0 bridgehead atoms. The molecule has 2 aromatic carbocycles. The van der Waals surface area contributed by atoms with Crippen LogP contribution in [-0.4, -0.2) is 59.0 Å². The molecule has 2 fully saturated rings. The number of fused-ring (bicyclic) bond motifs is 4. The van der Waals surface area contributed by atoms with E-state index < -0.39 is 0 Å². The third-order valence-electron chi connectivity index (χ3n) is 6.42. The van der Waals surface area contributed by atoms with Gasteiger partial charge in [0.2, 0.25) is 0 Å². The van der Waals surface area contributed by atoms with Gasteiger partial charge in [-0.25, -0.2) is 4.98 Å². The van der Waals surface area contributed by atoms with E-state index in [0.29, 0.717) is 29.0 Å². The topological polar surface area (TPSA) is 125 Å². The first-order valence-electron chi connectivity index (χ1n) is 10.9. The molecule has 0 radical (unpaired) electrons. The summed E-state index contributed by atoms with van der Waals surface area (Å²) in [5.41, 5.74) is 4.16. The molecule has 6 rings (SSSR count). The number of carbonyl (C=O) groups is 3. The molecule has 1 saturated carbocycles. The van der Waals surface area contributed by atoms with E-state index in [0.717, 1.165) is 39.5 Å². The van der Waals surface area contributed by atoms with Crippen molar-refractivity contribution in [3.8, 4) is 11.3 Å². The van der Waals surface area contributed by atoms with Crippen molar-refractivity contribution in [2.45, 2.75) is 6.04 Å². The number of carbonyl (C=O) groups excluding carboxylic acids is 2. The van der Waals surface area contributed by atoms with E-state index in [9.17, 15) is 9.59 Å². The molecule has 4 N–H and O–H groups in total. The molecule has 1 aliphatic heterocycles. The lowest BCUT2D eigenvalue weighted by atomic mass is 10.1. The molecule has 10 heteroatoms. The Morgan fingerprint density at radius 1 is 1.12 bits per heavy atom. The Kier molecular flexibility index (Phi) is 5.76. The van der Waals surface area contributed by atoms with Gasteiger partial charge in [-0.1, -0.05) is 23.5 Å². The molecular weight excluding hydrogens is 454 g/mol. The summed E-state index contributed by atoms with van der Waals surface area (Å²) in [7, 11) is 1.62. The summed E-state index contributed by atoms with van der Waals surface area (Å²) in [5, 5.41) is 16.1. The lowest BCUT2D eigenvalue weighted by molar-refractivity contribution is -0.122. The van der Waals surface area contributed by atoms with Gasteiger partial charge in [0.05, 0.1) is 15.9 Å². The second-order valence-corrected chi connectivity index (χ2v) is 9.32. The number of hydrogen-bond donors (Lipinski definition) is 4. The van der Waals surface area contributed by atoms with E-state index in [2.05, 4.69) is 20.4 Å². The fourth-order valence-electron chi connectivity index (χ4n) is 4.59. The van der Waals surface area contributed by atoms with Crippen LogP contribution >= 0.6 is 11.3 Å². The Labute approximate surface area is 198 Å². The molecule has 1 unspecified atom stereocenters. The molecule has 9 nitrogen and oxygen atoms in total. The third kappa shape index (κ3) is 3.91. The van der Waals surface area contributed by atoms with Crippen molar-refractivity contribution in [2.75, 3.05) is 20.1 Å². The molecule has 4 aromatic rings. The first kappa shape index (κ1) is 22.1. The Bertz CT molecular complexity index is 1380. The Morgan fingerprint density at radius 2 is 1.79 bits per heavy atom. The first-order chi connectivity index (χ1) is 16.5. The van der Waals surface area contributed by atoms with Crippen molar-refractivity contribution < 1.29 is 19.5 Å². The number of carboxylic acid groups (broad SMARTS) is 1. The zero-order chi connectivity index (χ0) is 23.8. The molecule has 2 aliphatic rings. The molecule has 174 valence electrons. The van der Waals surface area contributed by atoms with Crippen molar-refractivity contribution in [3.63, 3.8) is 0 Å². The molecule has 0 spiro atoms. The smallest absolute Gasteiger partial charge is 0.290 e. The van der Waals surface area contributed by atoms with Crippen molar-refractivity contribution in [2.24, 2.45) is 11.8 Å². The highest BCUT2D eigenvalue weighted by Gasteiger charge is 2.53. The van der Waals surface area contributed by atoms with Crippen LogP contribution in [0, 0.1) is 11.8 Å². The van der Waals surface area contributed by atoms with Gasteiger partial charge in [-0.2, -0.15) is 0 Å². The second kappa shape index (κ2) is 8.88. The van der Waals surface area contributed by atoms with E-state index in [1.165, 1.54) is 0 Å². The van der Waals surface area contributed by atoms with Crippen LogP contribution in [0.3, 0.4) is 0 Å². The first-order valence-corrected chi connectivity index (χ1v) is 11.7. The zero-order valence-electron chi connectivity index (χ0n) is 18.3. The van der Waals surface area contributed by atoms with Crippen LogP contribution in [0.2, 0.25) is 0 Å².